The third-order valence-corrected chi connectivity index (χ3v) is 5.02. The molecular formula is C24H21N3O3. The highest BCUT2D eigenvalue weighted by Gasteiger charge is 2.37. The van der Waals surface area contributed by atoms with Crippen LogP contribution in [-0.2, 0) is 6.54 Å². The highest BCUT2D eigenvalue weighted by atomic mass is 16.2. The van der Waals surface area contributed by atoms with Crippen molar-refractivity contribution in [2.45, 2.75) is 19.9 Å². The van der Waals surface area contributed by atoms with Crippen LogP contribution in [-0.4, -0.2) is 34.2 Å². The normalized spacial score (nSPS) is 12.8. The van der Waals surface area contributed by atoms with Crippen molar-refractivity contribution in [2.24, 2.45) is 0 Å². The molecule has 0 aliphatic carbocycles. The number of rotatable bonds is 6. The highest BCUT2D eigenvalue weighted by Crippen LogP contribution is 2.27. The lowest BCUT2D eigenvalue weighted by molar-refractivity contribution is 0.0743. The molecule has 3 aromatic rings. The summed E-state index contributed by atoms with van der Waals surface area (Å²) in [7, 11) is 0. The molecular weight excluding hydrogens is 378 g/mol. The number of benzene rings is 2. The first-order valence-corrected chi connectivity index (χ1v) is 9.87. The fourth-order valence-corrected chi connectivity index (χ4v) is 3.56. The van der Waals surface area contributed by atoms with E-state index in [-0.39, 0.29) is 11.6 Å². The summed E-state index contributed by atoms with van der Waals surface area (Å²) < 4.78 is 0. The summed E-state index contributed by atoms with van der Waals surface area (Å²) in [6.45, 7) is 3.20. The van der Waals surface area contributed by atoms with Crippen LogP contribution in [0.4, 0.5) is 5.69 Å². The molecule has 6 heteroatoms. The molecule has 0 spiro atoms. The number of amides is 3. The SMILES string of the molecule is CCCN(Cc1ccccc1)C(=O)c1ccc(N2C(=O)c3cccnc3C2=O)cc1. The van der Waals surface area contributed by atoms with Crippen molar-refractivity contribution in [1.82, 2.24) is 9.88 Å². The Morgan fingerprint density at radius 3 is 2.33 bits per heavy atom. The predicted molar refractivity (Wildman–Crippen MR) is 113 cm³/mol. The van der Waals surface area contributed by atoms with Gasteiger partial charge < -0.3 is 4.90 Å². The van der Waals surface area contributed by atoms with E-state index in [1.807, 2.05) is 37.3 Å². The van der Waals surface area contributed by atoms with Gasteiger partial charge in [-0.15, -0.1) is 0 Å². The first-order valence-electron chi connectivity index (χ1n) is 9.87. The third kappa shape index (κ3) is 3.59. The van der Waals surface area contributed by atoms with Gasteiger partial charge in [-0.1, -0.05) is 37.3 Å². The van der Waals surface area contributed by atoms with Gasteiger partial charge in [-0.2, -0.15) is 0 Å². The van der Waals surface area contributed by atoms with Gasteiger partial charge >= 0.3 is 0 Å². The van der Waals surface area contributed by atoms with Crippen LogP contribution in [0.2, 0.25) is 0 Å². The van der Waals surface area contributed by atoms with Crippen molar-refractivity contribution in [1.29, 1.82) is 0 Å². The van der Waals surface area contributed by atoms with Crippen LogP contribution >= 0.6 is 0 Å². The largest absolute Gasteiger partial charge is 0.334 e. The van der Waals surface area contributed by atoms with Crippen molar-refractivity contribution in [3.63, 3.8) is 0 Å². The molecule has 3 amide bonds. The van der Waals surface area contributed by atoms with Gasteiger partial charge in [-0.3, -0.25) is 19.4 Å². The van der Waals surface area contributed by atoms with Gasteiger partial charge in [-0.25, -0.2) is 4.90 Å². The quantitative estimate of drug-likeness (QED) is 0.589. The number of fused-ring (bicyclic) bond motifs is 1. The van der Waals surface area contributed by atoms with E-state index < -0.39 is 11.8 Å². The van der Waals surface area contributed by atoms with Crippen LogP contribution < -0.4 is 4.90 Å². The standard InChI is InChI=1S/C24H21N3O3/c1-2-15-26(16-17-7-4-3-5-8-17)22(28)18-10-12-19(13-11-18)27-23(29)20-9-6-14-25-21(20)24(27)30/h3-14H,2,15-16H2,1H3. The van der Waals surface area contributed by atoms with E-state index in [4.69, 9.17) is 0 Å². The van der Waals surface area contributed by atoms with Gasteiger partial charge in [0, 0.05) is 24.8 Å². The van der Waals surface area contributed by atoms with Crippen LogP contribution in [0.1, 0.15) is 50.1 Å². The smallest absolute Gasteiger partial charge is 0.284 e. The molecule has 0 atom stereocenters. The number of imide groups is 1. The van der Waals surface area contributed by atoms with Crippen molar-refractivity contribution in [2.75, 3.05) is 11.4 Å². The first kappa shape index (κ1) is 19.5. The number of aromatic nitrogens is 1. The lowest BCUT2D eigenvalue weighted by atomic mass is 10.1. The number of carbonyl (C=O) groups is 3. The van der Waals surface area contributed by atoms with E-state index >= 15 is 0 Å². The van der Waals surface area contributed by atoms with Crippen molar-refractivity contribution in [3.05, 3.63) is 95.3 Å². The zero-order valence-corrected chi connectivity index (χ0v) is 16.6. The van der Waals surface area contributed by atoms with E-state index in [0.29, 0.717) is 29.9 Å². The molecule has 1 aliphatic rings. The molecule has 0 bridgehead atoms. The Labute approximate surface area is 174 Å². The second-order valence-corrected chi connectivity index (χ2v) is 7.10. The molecule has 0 unspecified atom stereocenters. The Bertz CT molecular complexity index is 1060. The van der Waals surface area contributed by atoms with Crippen molar-refractivity contribution >= 4 is 23.4 Å². The zero-order valence-electron chi connectivity index (χ0n) is 16.6. The Hall–Kier alpha value is -3.80. The minimum absolute atomic E-state index is 0.0868. The lowest BCUT2D eigenvalue weighted by Gasteiger charge is -2.23. The second-order valence-electron chi connectivity index (χ2n) is 7.10. The molecule has 0 radical (unpaired) electrons. The summed E-state index contributed by atoms with van der Waals surface area (Å²) in [5.74, 6) is -0.943. The molecule has 6 nitrogen and oxygen atoms in total. The topological polar surface area (TPSA) is 70.6 Å². The maximum Gasteiger partial charge on any atom is 0.284 e. The van der Waals surface area contributed by atoms with Gasteiger partial charge in [-0.05, 0) is 48.4 Å². The maximum absolute atomic E-state index is 13.0. The van der Waals surface area contributed by atoms with E-state index in [1.165, 1.54) is 6.20 Å². The third-order valence-electron chi connectivity index (χ3n) is 5.02. The van der Waals surface area contributed by atoms with Gasteiger partial charge in [0.1, 0.15) is 5.69 Å². The maximum atomic E-state index is 13.0. The molecule has 2 aromatic carbocycles. The Morgan fingerprint density at radius 1 is 0.933 bits per heavy atom. The summed E-state index contributed by atoms with van der Waals surface area (Å²) in [6, 6.07) is 19.6. The van der Waals surface area contributed by atoms with Gasteiger partial charge in [0.05, 0.1) is 11.3 Å². The number of hydrogen-bond donors (Lipinski definition) is 0. The second kappa shape index (κ2) is 8.29. The number of hydrogen-bond acceptors (Lipinski definition) is 4. The average Bonchev–Trinajstić information content (AvgIpc) is 3.04. The molecule has 1 aliphatic heterocycles. The minimum atomic E-state index is -0.452. The summed E-state index contributed by atoms with van der Waals surface area (Å²) >= 11 is 0. The molecule has 0 N–H and O–H groups in total. The Balaban J connectivity index is 1.55. The first-order chi connectivity index (χ1) is 14.6. The predicted octanol–water partition coefficient (Wildman–Crippen LogP) is 3.93. The van der Waals surface area contributed by atoms with Crippen LogP contribution in [0.25, 0.3) is 0 Å². The van der Waals surface area contributed by atoms with Gasteiger partial charge in [0.25, 0.3) is 17.7 Å². The minimum Gasteiger partial charge on any atom is -0.334 e. The lowest BCUT2D eigenvalue weighted by Crippen LogP contribution is -2.32. The molecule has 1 aromatic heterocycles. The average molecular weight is 399 g/mol. The number of pyridine rings is 1. The molecule has 0 saturated carbocycles. The van der Waals surface area contributed by atoms with Crippen LogP contribution in [0.5, 0.6) is 0 Å². The number of carbonyl (C=O) groups excluding carboxylic acids is 3. The van der Waals surface area contributed by atoms with Crippen LogP contribution in [0, 0.1) is 0 Å². The summed E-state index contributed by atoms with van der Waals surface area (Å²) in [5, 5.41) is 0. The van der Waals surface area contributed by atoms with E-state index in [1.54, 1.807) is 41.3 Å². The molecule has 2 heterocycles. The van der Waals surface area contributed by atoms with Gasteiger partial charge in [0.15, 0.2) is 0 Å². The fraction of sp³-hybridized carbons (Fsp3) is 0.167. The van der Waals surface area contributed by atoms with Crippen LogP contribution in [0.3, 0.4) is 0 Å². The number of nitrogens with zero attached hydrogens (tertiary/aromatic N) is 3. The number of anilines is 1. The molecule has 150 valence electrons. The Morgan fingerprint density at radius 2 is 1.67 bits per heavy atom. The molecule has 0 saturated heterocycles. The van der Waals surface area contributed by atoms with E-state index in [9.17, 15) is 14.4 Å². The monoisotopic (exact) mass is 399 g/mol. The van der Waals surface area contributed by atoms with E-state index in [2.05, 4.69) is 4.98 Å². The molecule has 4 rings (SSSR count). The van der Waals surface area contributed by atoms with E-state index in [0.717, 1.165) is 16.9 Å². The van der Waals surface area contributed by atoms with Gasteiger partial charge in [0.2, 0.25) is 0 Å². The van der Waals surface area contributed by atoms with Crippen molar-refractivity contribution < 1.29 is 14.4 Å². The fourth-order valence-electron chi connectivity index (χ4n) is 3.56. The summed E-state index contributed by atoms with van der Waals surface area (Å²) in [5.41, 5.74) is 2.44. The zero-order chi connectivity index (χ0) is 21.1. The Kier molecular flexibility index (Phi) is 5.39. The highest BCUT2D eigenvalue weighted by molar-refractivity contribution is 6.33. The molecule has 30 heavy (non-hydrogen) atoms. The molecule has 0 fully saturated rings. The summed E-state index contributed by atoms with van der Waals surface area (Å²) in [4.78, 5) is 45.2. The van der Waals surface area contributed by atoms with Crippen molar-refractivity contribution in [3.8, 4) is 0 Å². The van der Waals surface area contributed by atoms with Crippen LogP contribution in [0.15, 0.2) is 72.9 Å². The summed E-state index contributed by atoms with van der Waals surface area (Å²) in [6.07, 6.45) is 2.34.